The van der Waals surface area contributed by atoms with E-state index >= 15 is 0 Å². The first-order chi connectivity index (χ1) is 13.6. The van der Waals surface area contributed by atoms with E-state index < -0.39 is 5.97 Å². The molecular weight excluding hydrogens is 378 g/mol. The van der Waals surface area contributed by atoms with Crippen molar-refractivity contribution >= 4 is 17.3 Å². The Morgan fingerprint density at radius 2 is 1.75 bits per heavy atom. The molecule has 0 aliphatic rings. The third-order valence-corrected chi connectivity index (χ3v) is 4.84. The Morgan fingerprint density at radius 3 is 2.46 bits per heavy atom. The van der Waals surface area contributed by atoms with Gasteiger partial charge in [-0.15, -0.1) is 11.3 Å². The molecule has 0 saturated carbocycles. The molecule has 28 heavy (non-hydrogen) atoms. The Morgan fingerprint density at radius 1 is 1.00 bits per heavy atom. The van der Waals surface area contributed by atoms with Gasteiger partial charge in [0.25, 0.3) is 0 Å². The highest BCUT2D eigenvalue weighted by atomic mass is 32.1. The van der Waals surface area contributed by atoms with Crippen molar-refractivity contribution in [2.24, 2.45) is 0 Å². The van der Waals surface area contributed by atoms with E-state index in [2.05, 4.69) is 4.98 Å². The van der Waals surface area contributed by atoms with Crippen LogP contribution >= 0.6 is 11.3 Å². The third-order valence-electron chi connectivity index (χ3n) is 3.95. The summed E-state index contributed by atoms with van der Waals surface area (Å²) in [5.41, 5.74) is 2.27. The van der Waals surface area contributed by atoms with E-state index in [1.165, 1.54) is 11.3 Å². The molecule has 3 aromatic rings. The average Bonchev–Trinajstić information content (AvgIpc) is 3.22. The second-order valence-electron chi connectivity index (χ2n) is 5.91. The number of aryl methyl sites for hydroxylation is 1. The Balaban J connectivity index is 1.56. The van der Waals surface area contributed by atoms with Crippen LogP contribution in [0, 0.1) is 6.92 Å². The van der Waals surface area contributed by atoms with E-state index in [1.54, 1.807) is 25.7 Å². The quantitative estimate of drug-likeness (QED) is 0.414. The lowest BCUT2D eigenvalue weighted by Crippen LogP contribution is -2.12. The zero-order chi connectivity index (χ0) is 19.9. The van der Waals surface area contributed by atoms with Crippen LogP contribution in [0.1, 0.15) is 16.1 Å². The SMILES string of the molecule is COc1ccc(-c2nc(C(=O)OCCOc3ccc(C)cc3)cs2)cc1OC. The van der Waals surface area contributed by atoms with Crippen molar-refractivity contribution in [1.82, 2.24) is 4.98 Å². The molecule has 1 heterocycles. The maximum absolute atomic E-state index is 12.2. The molecule has 6 nitrogen and oxygen atoms in total. The summed E-state index contributed by atoms with van der Waals surface area (Å²) in [5, 5.41) is 2.37. The molecule has 0 aliphatic carbocycles. The van der Waals surface area contributed by atoms with E-state index in [0.29, 0.717) is 16.5 Å². The van der Waals surface area contributed by atoms with Crippen LogP contribution < -0.4 is 14.2 Å². The molecule has 0 spiro atoms. The molecule has 0 aliphatic heterocycles. The van der Waals surface area contributed by atoms with Gasteiger partial charge in [-0.3, -0.25) is 0 Å². The van der Waals surface area contributed by atoms with Crippen molar-refractivity contribution in [3.63, 3.8) is 0 Å². The Labute approximate surface area is 167 Å². The zero-order valence-corrected chi connectivity index (χ0v) is 16.7. The molecule has 146 valence electrons. The maximum Gasteiger partial charge on any atom is 0.357 e. The van der Waals surface area contributed by atoms with Gasteiger partial charge in [-0.25, -0.2) is 9.78 Å². The highest BCUT2D eigenvalue weighted by Crippen LogP contribution is 2.33. The molecule has 3 rings (SSSR count). The molecular formula is C21H21NO5S. The van der Waals surface area contributed by atoms with Crippen molar-refractivity contribution < 1.29 is 23.7 Å². The minimum Gasteiger partial charge on any atom is -0.493 e. The Hall–Kier alpha value is -3.06. The molecule has 0 saturated heterocycles. The lowest BCUT2D eigenvalue weighted by atomic mass is 10.2. The van der Waals surface area contributed by atoms with Crippen LogP contribution in [0.15, 0.2) is 47.8 Å². The van der Waals surface area contributed by atoms with Gasteiger partial charge in [0.2, 0.25) is 0 Å². The average molecular weight is 399 g/mol. The topological polar surface area (TPSA) is 66.9 Å². The number of rotatable bonds is 8. The number of ether oxygens (including phenoxy) is 4. The number of hydrogen-bond donors (Lipinski definition) is 0. The van der Waals surface area contributed by atoms with Gasteiger partial charge in [0.15, 0.2) is 17.2 Å². The molecule has 0 amide bonds. The predicted octanol–water partition coefficient (Wildman–Crippen LogP) is 4.37. The van der Waals surface area contributed by atoms with Crippen LogP contribution in [-0.4, -0.2) is 38.4 Å². The maximum atomic E-state index is 12.2. The largest absolute Gasteiger partial charge is 0.493 e. The molecule has 2 aromatic carbocycles. The van der Waals surface area contributed by atoms with E-state index in [4.69, 9.17) is 18.9 Å². The molecule has 1 aromatic heterocycles. The second kappa shape index (κ2) is 9.23. The van der Waals surface area contributed by atoms with Crippen LogP contribution in [0.4, 0.5) is 0 Å². The highest BCUT2D eigenvalue weighted by molar-refractivity contribution is 7.13. The summed E-state index contributed by atoms with van der Waals surface area (Å²) in [6, 6.07) is 13.2. The number of nitrogens with zero attached hydrogens (tertiary/aromatic N) is 1. The lowest BCUT2D eigenvalue weighted by Gasteiger charge is -2.08. The number of methoxy groups -OCH3 is 2. The first-order valence-electron chi connectivity index (χ1n) is 8.65. The number of aromatic nitrogens is 1. The molecule has 0 N–H and O–H groups in total. The summed E-state index contributed by atoms with van der Waals surface area (Å²) in [6.45, 7) is 2.44. The second-order valence-corrected chi connectivity index (χ2v) is 6.76. The van der Waals surface area contributed by atoms with E-state index in [-0.39, 0.29) is 18.9 Å². The van der Waals surface area contributed by atoms with Crippen molar-refractivity contribution in [3.8, 4) is 27.8 Å². The fourth-order valence-electron chi connectivity index (χ4n) is 2.47. The number of benzene rings is 2. The van der Waals surface area contributed by atoms with Crippen LogP contribution in [0.5, 0.6) is 17.2 Å². The van der Waals surface area contributed by atoms with E-state index in [0.717, 1.165) is 16.9 Å². The Kier molecular flexibility index (Phi) is 6.49. The van der Waals surface area contributed by atoms with Gasteiger partial charge in [-0.05, 0) is 37.3 Å². The summed E-state index contributed by atoms with van der Waals surface area (Å²) >= 11 is 1.36. The van der Waals surface area contributed by atoms with Gasteiger partial charge in [-0.1, -0.05) is 17.7 Å². The fraction of sp³-hybridized carbons (Fsp3) is 0.238. The molecule has 0 atom stereocenters. The third kappa shape index (κ3) is 4.80. The fourth-order valence-corrected chi connectivity index (χ4v) is 3.26. The van der Waals surface area contributed by atoms with Gasteiger partial charge in [0, 0.05) is 10.9 Å². The zero-order valence-electron chi connectivity index (χ0n) is 15.9. The summed E-state index contributed by atoms with van der Waals surface area (Å²) in [7, 11) is 3.16. The van der Waals surface area contributed by atoms with Crippen molar-refractivity contribution in [1.29, 1.82) is 0 Å². The van der Waals surface area contributed by atoms with Crippen LogP contribution in [-0.2, 0) is 4.74 Å². The molecule has 0 fully saturated rings. The normalized spacial score (nSPS) is 10.4. The van der Waals surface area contributed by atoms with Crippen molar-refractivity contribution in [2.75, 3.05) is 27.4 Å². The van der Waals surface area contributed by atoms with Gasteiger partial charge in [0.05, 0.1) is 14.2 Å². The lowest BCUT2D eigenvalue weighted by molar-refractivity contribution is 0.0444. The summed E-state index contributed by atoms with van der Waals surface area (Å²) in [4.78, 5) is 16.6. The molecule has 0 unspecified atom stereocenters. The highest BCUT2D eigenvalue weighted by Gasteiger charge is 2.15. The first kappa shape index (κ1) is 19.7. The molecule has 0 bridgehead atoms. The smallest absolute Gasteiger partial charge is 0.357 e. The van der Waals surface area contributed by atoms with Crippen LogP contribution in [0.3, 0.4) is 0 Å². The van der Waals surface area contributed by atoms with Crippen LogP contribution in [0.25, 0.3) is 10.6 Å². The minimum atomic E-state index is -0.476. The first-order valence-corrected chi connectivity index (χ1v) is 9.53. The van der Waals surface area contributed by atoms with Gasteiger partial charge < -0.3 is 18.9 Å². The van der Waals surface area contributed by atoms with E-state index in [1.807, 2.05) is 43.3 Å². The summed E-state index contributed by atoms with van der Waals surface area (Å²) in [5.74, 6) is 1.50. The Bertz CT molecular complexity index is 936. The number of carbonyl (C=O) groups is 1. The molecule has 7 heteroatoms. The summed E-state index contributed by atoms with van der Waals surface area (Å²) in [6.07, 6.45) is 0. The summed E-state index contributed by atoms with van der Waals surface area (Å²) < 4.78 is 21.3. The number of hydrogen-bond acceptors (Lipinski definition) is 7. The number of thiazole rings is 1. The predicted molar refractivity (Wildman–Crippen MR) is 108 cm³/mol. The monoisotopic (exact) mass is 399 g/mol. The van der Waals surface area contributed by atoms with Crippen molar-refractivity contribution in [2.45, 2.75) is 6.92 Å². The van der Waals surface area contributed by atoms with E-state index in [9.17, 15) is 4.79 Å². The molecule has 0 radical (unpaired) electrons. The number of esters is 1. The van der Waals surface area contributed by atoms with Gasteiger partial charge in [-0.2, -0.15) is 0 Å². The number of carbonyl (C=O) groups excluding carboxylic acids is 1. The minimum absolute atomic E-state index is 0.149. The van der Waals surface area contributed by atoms with Gasteiger partial charge in [0.1, 0.15) is 24.0 Å². The van der Waals surface area contributed by atoms with Crippen LogP contribution in [0.2, 0.25) is 0 Å². The van der Waals surface area contributed by atoms with Gasteiger partial charge >= 0.3 is 5.97 Å². The van der Waals surface area contributed by atoms with Crippen molar-refractivity contribution in [3.05, 3.63) is 59.1 Å². The standard InChI is InChI=1S/C21H21NO5S/c1-14-4-7-16(8-5-14)26-10-11-27-21(23)17-13-28-20(22-17)15-6-9-18(24-2)19(12-15)25-3/h4-9,12-13H,10-11H2,1-3H3.